The van der Waals surface area contributed by atoms with E-state index in [1.54, 1.807) is 0 Å². The summed E-state index contributed by atoms with van der Waals surface area (Å²) >= 11 is 7.32. The largest absolute Gasteiger partial charge is 0.493 e. The smallest absolute Gasteiger partial charge is 0.125 e. The number of rotatable bonds is 5. The lowest BCUT2D eigenvalue weighted by molar-refractivity contribution is 0.297. The van der Waals surface area contributed by atoms with Crippen molar-refractivity contribution in [2.45, 2.75) is 39.5 Å². The van der Waals surface area contributed by atoms with Gasteiger partial charge in [0.2, 0.25) is 0 Å². The van der Waals surface area contributed by atoms with E-state index in [0.29, 0.717) is 5.41 Å². The van der Waals surface area contributed by atoms with Crippen molar-refractivity contribution >= 4 is 31.9 Å². The van der Waals surface area contributed by atoms with Gasteiger partial charge >= 0.3 is 0 Å². The average Bonchev–Trinajstić information content (AvgIpc) is 2.84. The van der Waals surface area contributed by atoms with Gasteiger partial charge in [-0.05, 0) is 47.9 Å². The molecular formula is C15H20Br2O. The third-order valence-corrected chi connectivity index (χ3v) is 5.82. The van der Waals surface area contributed by atoms with Crippen LogP contribution in [-0.4, -0.2) is 11.9 Å². The minimum atomic E-state index is 0.348. The first-order valence-electron chi connectivity index (χ1n) is 6.64. The minimum Gasteiger partial charge on any atom is -0.493 e. The van der Waals surface area contributed by atoms with Crippen LogP contribution in [-0.2, 0) is 12.8 Å². The molecule has 0 atom stereocenters. The van der Waals surface area contributed by atoms with Gasteiger partial charge in [-0.3, -0.25) is 0 Å². The van der Waals surface area contributed by atoms with E-state index in [4.69, 9.17) is 4.74 Å². The Morgan fingerprint density at radius 1 is 1.28 bits per heavy atom. The highest BCUT2D eigenvalue weighted by atomic mass is 79.9. The molecule has 0 unspecified atom stereocenters. The molecule has 0 saturated heterocycles. The molecule has 3 heteroatoms. The van der Waals surface area contributed by atoms with E-state index in [-0.39, 0.29) is 0 Å². The van der Waals surface area contributed by atoms with Crippen LogP contribution in [0.5, 0.6) is 5.75 Å². The molecular weight excluding hydrogens is 356 g/mol. The molecule has 1 nitrogen and oxygen atoms in total. The fourth-order valence-electron chi connectivity index (χ4n) is 2.62. The zero-order valence-corrected chi connectivity index (χ0v) is 14.2. The number of fused-ring (bicyclic) bond motifs is 1. The summed E-state index contributed by atoms with van der Waals surface area (Å²) in [5.41, 5.74) is 3.07. The fraction of sp³-hybridized carbons (Fsp3) is 0.600. The third-order valence-electron chi connectivity index (χ3n) is 4.17. The summed E-state index contributed by atoms with van der Waals surface area (Å²) in [4.78, 5) is 0. The van der Waals surface area contributed by atoms with Gasteiger partial charge in [-0.15, -0.1) is 0 Å². The number of ether oxygens (including phenoxy) is 1. The highest BCUT2D eigenvalue weighted by molar-refractivity contribution is 9.10. The topological polar surface area (TPSA) is 9.23 Å². The molecule has 1 heterocycles. The van der Waals surface area contributed by atoms with Crippen LogP contribution in [0.4, 0.5) is 0 Å². The second-order valence-corrected chi connectivity index (χ2v) is 6.65. The van der Waals surface area contributed by atoms with Crippen LogP contribution in [0.1, 0.15) is 37.8 Å². The molecule has 0 aliphatic carbocycles. The molecule has 0 fully saturated rings. The Kier molecular flexibility index (Phi) is 4.76. The summed E-state index contributed by atoms with van der Waals surface area (Å²) in [6, 6.07) is 4.42. The zero-order valence-electron chi connectivity index (χ0n) is 11.1. The van der Waals surface area contributed by atoms with Crippen molar-refractivity contribution in [3.8, 4) is 5.75 Å². The molecule has 1 aromatic rings. The number of hydrogen-bond donors (Lipinski definition) is 0. The second-order valence-electron chi connectivity index (χ2n) is 5.17. The van der Waals surface area contributed by atoms with Gasteiger partial charge in [0.25, 0.3) is 0 Å². The Hall–Kier alpha value is -0.0200. The number of alkyl halides is 1. The second kappa shape index (κ2) is 5.96. The lowest BCUT2D eigenvalue weighted by Gasteiger charge is -2.30. The van der Waals surface area contributed by atoms with Gasteiger partial charge in [-0.25, -0.2) is 0 Å². The maximum absolute atomic E-state index is 5.83. The van der Waals surface area contributed by atoms with Crippen molar-refractivity contribution in [3.63, 3.8) is 0 Å². The van der Waals surface area contributed by atoms with Crippen molar-refractivity contribution in [1.29, 1.82) is 0 Å². The minimum absolute atomic E-state index is 0.348. The molecule has 2 rings (SSSR count). The van der Waals surface area contributed by atoms with E-state index >= 15 is 0 Å². The predicted octanol–water partition coefficient (Wildman–Crippen LogP) is 5.13. The average molecular weight is 376 g/mol. The van der Waals surface area contributed by atoms with Crippen molar-refractivity contribution < 1.29 is 4.74 Å². The Morgan fingerprint density at radius 3 is 2.61 bits per heavy atom. The number of hydrogen-bond acceptors (Lipinski definition) is 1. The molecule has 18 heavy (non-hydrogen) atoms. The fourth-order valence-corrected chi connectivity index (χ4v) is 4.16. The Labute approximate surface area is 127 Å². The number of halogens is 2. The molecule has 0 aromatic heterocycles. The van der Waals surface area contributed by atoms with Crippen LogP contribution in [0.2, 0.25) is 0 Å². The quantitative estimate of drug-likeness (QED) is 0.648. The number of benzene rings is 1. The van der Waals surface area contributed by atoms with Gasteiger partial charge in [0.15, 0.2) is 0 Å². The van der Waals surface area contributed by atoms with Crippen molar-refractivity contribution in [1.82, 2.24) is 0 Å². The maximum atomic E-state index is 5.83. The van der Waals surface area contributed by atoms with E-state index in [1.165, 1.54) is 28.4 Å². The molecule has 0 N–H and O–H groups in total. The van der Waals surface area contributed by atoms with Crippen molar-refractivity contribution in [2.24, 2.45) is 5.41 Å². The van der Waals surface area contributed by atoms with E-state index < -0.39 is 0 Å². The molecule has 0 radical (unpaired) electrons. The molecule has 1 aliphatic rings. The van der Waals surface area contributed by atoms with E-state index in [1.807, 2.05) is 0 Å². The lowest BCUT2D eigenvalue weighted by Crippen LogP contribution is -2.24. The van der Waals surface area contributed by atoms with Crippen molar-refractivity contribution in [3.05, 3.63) is 27.7 Å². The van der Waals surface area contributed by atoms with Gasteiger partial charge < -0.3 is 4.74 Å². The molecule has 1 aromatic carbocycles. The first-order valence-corrected chi connectivity index (χ1v) is 8.55. The molecule has 0 amide bonds. The van der Waals surface area contributed by atoms with Gasteiger partial charge in [0.05, 0.1) is 6.61 Å². The third kappa shape index (κ3) is 2.77. The molecule has 1 aliphatic heterocycles. The summed E-state index contributed by atoms with van der Waals surface area (Å²) < 4.78 is 7.01. The summed E-state index contributed by atoms with van der Waals surface area (Å²) in [6.45, 7) is 5.39. The van der Waals surface area contributed by atoms with Crippen LogP contribution in [0.15, 0.2) is 16.6 Å². The van der Waals surface area contributed by atoms with Crippen molar-refractivity contribution in [2.75, 3.05) is 11.9 Å². The highest BCUT2D eigenvalue weighted by Crippen LogP contribution is 2.40. The van der Waals surface area contributed by atoms with Crippen LogP contribution < -0.4 is 4.74 Å². The van der Waals surface area contributed by atoms with Gasteiger partial charge in [-0.1, -0.05) is 45.7 Å². The summed E-state index contributed by atoms with van der Waals surface area (Å²) in [6.07, 6.45) is 4.51. The van der Waals surface area contributed by atoms with E-state index in [2.05, 4.69) is 57.8 Å². The lowest BCUT2D eigenvalue weighted by atomic mass is 9.78. The highest BCUT2D eigenvalue weighted by Gasteiger charge is 2.28. The zero-order chi connectivity index (χ0) is 13.2. The first kappa shape index (κ1) is 14.4. The van der Waals surface area contributed by atoms with Crippen LogP contribution in [0, 0.1) is 5.41 Å². The molecule has 0 spiro atoms. The van der Waals surface area contributed by atoms with Gasteiger partial charge in [0.1, 0.15) is 5.75 Å². The Bertz CT molecular complexity index is 416. The Morgan fingerprint density at radius 2 is 2.00 bits per heavy atom. The summed E-state index contributed by atoms with van der Waals surface area (Å²) in [7, 11) is 0. The van der Waals surface area contributed by atoms with E-state index in [0.717, 1.165) is 30.5 Å². The molecule has 0 bridgehead atoms. The molecule has 0 saturated carbocycles. The predicted molar refractivity (Wildman–Crippen MR) is 83.9 cm³/mol. The SMILES string of the molecule is CCC(CC)(CBr)Cc1cc(Br)cc2c1OCC2. The summed E-state index contributed by atoms with van der Waals surface area (Å²) in [5, 5.41) is 1.05. The first-order chi connectivity index (χ1) is 8.64. The maximum Gasteiger partial charge on any atom is 0.125 e. The standard InChI is InChI=1S/C15H20Br2O/c1-3-15(4-2,10-16)9-12-8-13(17)7-11-5-6-18-14(11)12/h7-8H,3-6,9-10H2,1-2H3. The Balaban J connectivity index is 2.34. The van der Waals surface area contributed by atoms with Gasteiger partial charge in [-0.2, -0.15) is 0 Å². The van der Waals surface area contributed by atoms with Gasteiger partial charge in [0, 0.05) is 16.2 Å². The van der Waals surface area contributed by atoms with Crippen LogP contribution in [0.25, 0.3) is 0 Å². The van der Waals surface area contributed by atoms with E-state index in [9.17, 15) is 0 Å². The van der Waals surface area contributed by atoms with Crippen LogP contribution in [0.3, 0.4) is 0 Å². The van der Waals surface area contributed by atoms with Crippen LogP contribution >= 0.6 is 31.9 Å². The molecule has 100 valence electrons. The summed E-state index contributed by atoms with van der Waals surface area (Å²) in [5.74, 6) is 1.14. The monoisotopic (exact) mass is 374 g/mol. The normalized spacial score (nSPS) is 14.4.